The molecule has 0 fully saturated rings. The summed E-state index contributed by atoms with van der Waals surface area (Å²) in [6.07, 6.45) is 0. The molecule has 118 valence electrons. The number of aromatic nitrogens is 1. The van der Waals surface area contributed by atoms with Crippen LogP contribution in [-0.2, 0) is 13.1 Å². The normalized spacial score (nSPS) is 10.8. The van der Waals surface area contributed by atoms with E-state index in [1.54, 1.807) is 7.11 Å². The molecule has 0 atom stereocenters. The van der Waals surface area contributed by atoms with Gasteiger partial charge in [0, 0.05) is 35.1 Å². The van der Waals surface area contributed by atoms with Crippen LogP contribution in [0.2, 0.25) is 0 Å². The van der Waals surface area contributed by atoms with Crippen molar-refractivity contribution in [2.45, 2.75) is 13.1 Å². The van der Waals surface area contributed by atoms with E-state index in [0.29, 0.717) is 13.1 Å². The molecular formula is C18H18N2O3. The summed E-state index contributed by atoms with van der Waals surface area (Å²) in [5, 5.41) is 13.6. The van der Waals surface area contributed by atoms with Gasteiger partial charge in [-0.2, -0.15) is 0 Å². The third-order valence-corrected chi connectivity index (χ3v) is 3.84. The Labute approximate surface area is 133 Å². The molecule has 3 aromatic rings. The lowest BCUT2D eigenvalue weighted by Crippen LogP contribution is -2.15. The van der Waals surface area contributed by atoms with E-state index in [4.69, 9.17) is 4.74 Å². The molecule has 23 heavy (non-hydrogen) atoms. The minimum Gasteiger partial charge on any atom is -0.496 e. The highest BCUT2D eigenvalue weighted by Crippen LogP contribution is 2.23. The van der Waals surface area contributed by atoms with E-state index in [2.05, 4.69) is 10.3 Å². The van der Waals surface area contributed by atoms with E-state index in [9.17, 15) is 9.90 Å². The minimum atomic E-state index is -0.949. The second-order valence-corrected chi connectivity index (χ2v) is 5.24. The fraction of sp³-hybridized carbons (Fsp3) is 0.167. The van der Waals surface area contributed by atoms with Gasteiger partial charge in [-0.1, -0.05) is 36.4 Å². The molecule has 0 saturated heterocycles. The lowest BCUT2D eigenvalue weighted by molar-refractivity contribution is 0.0690. The second kappa shape index (κ2) is 6.54. The topological polar surface area (TPSA) is 74.3 Å². The molecule has 0 saturated carbocycles. The van der Waals surface area contributed by atoms with Crippen LogP contribution in [0.5, 0.6) is 5.75 Å². The van der Waals surface area contributed by atoms with Gasteiger partial charge in [-0.05, 0) is 12.1 Å². The van der Waals surface area contributed by atoms with Crippen molar-refractivity contribution in [3.05, 3.63) is 65.4 Å². The Morgan fingerprint density at radius 1 is 1.13 bits per heavy atom. The standard InChI is InChI=1S/C18H18N2O3/c1-23-16-9-5-2-6-12(16)10-19-11-14-13-7-3-4-8-15(13)20-17(14)18(21)22/h2-9,19-20H,10-11H2,1H3,(H,21,22). The molecule has 0 amide bonds. The molecule has 1 heterocycles. The number of H-pyrrole nitrogens is 1. The molecule has 5 heteroatoms. The number of rotatable bonds is 6. The Bertz CT molecular complexity index is 839. The number of hydrogen-bond acceptors (Lipinski definition) is 3. The van der Waals surface area contributed by atoms with Gasteiger partial charge < -0.3 is 20.1 Å². The van der Waals surface area contributed by atoms with Gasteiger partial charge in [-0.3, -0.25) is 0 Å². The zero-order valence-electron chi connectivity index (χ0n) is 12.8. The number of carboxylic acids is 1. The van der Waals surface area contributed by atoms with E-state index in [-0.39, 0.29) is 5.69 Å². The SMILES string of the molecule is COc1ccccc1CNCc1c(C(=O)O)[nH]c2ccccc12. The molecule has 0 aliphatic carbocycles. The molecule has 3 rings (SSSR count). The molecule has 0 spiro atoms. The van der Waals surface area contributed by atoms with Crippen molar-refractivity contribution in [3.63, 3.8) is 0 Å². The monoisotopic (exact) mass is 310 g/mol. The van der Waals surface area contributed by atoms with Crippen LogP contribution in [0.15, 0.2) is 48.5 Å². The molecule has 3 N–H and O–H groups in total. The summed E-state index contributed by atoms with van der Waals surface area (Å²) in [5.74, 6) is -0.132. The van der Waals surface area contributed by atoms with E-state index in [0.717, 1.165) is 27.8 Å². The van der Waals surface area contributed by atoms with Crippen LogP contribution in [0.25, 0.3) is 10.9 Å². The lowest BCUT2D eigenvalue weighted by Gasteiger charge is -2.09. The minimum absolute atomic E-state index is 0.235. The van der Waals surface area contributed by atoms with Crippen LogP contribution in [0.3, 0.4) is 0 Å². The predicted molar refractivity (Wildman–Crippen MR) is 88.8 cm³/mol. The first-order valence-corrected chi connectivity index (χ1v) is 7.36. The molecule has 0 bridgehead atoms. The van der Waals surface area contributed by atoms with Gasteiger partial charge in [0.25, 0.3) is 0 Å². The Balaban J connectivity index is 1.81. The summed E-state index contributed by atoms with van der Waals surface area (Å²) in [6, 6.07) is 15.4. The molecule has 1 aromatic heterocycles. The third kappa shape index (κ3) is 3.05. The van der Waals surface area contributed by atoms with Gasteiger partial charge in [0.2, 0.25) is 0 Å². The highest BCUT2D eigenvalue weighted by molar-refractivity contribution is 5.97. The number of fused-ring (bicyclic) bond motifs is 1. The number of ether oxygens (including phenoxy) is 1. The van der Waals surface area contributed by atoms with Gasteiger partial charge >= 0.3 is 5.97 Å². The second-order valence-electron chi connectivity index (χ2n) is 5.24. The van der Waals surface area contributed by atoms with Crippen molar-refractivity contribution in [1.82, 2.24) is 10.3 Å². The van der Waals surface area contributed by atoms with Gasteiger partial charge in [0.15, 0.2) is 0 Å². The number of methoxy groups -OCH3 is 1. The Morgan fingerprint density at radius 2 is 1.87 bits per heavy atom. The van der Waals surface area contributed by atoms with Crippen molar-refractivity contribution in [2.24, 2.45) is 0 Å². The average Bonchev–Trinajstić information content (AvgIpc) is 2.94. The van der Waals surface area contributed by atoms with Crippen LogP contribution in [0, 0.1) is 0 Å². The van der Waals surface area contributed by atoms with E-state index < -0.39 is 5.97 Å². The summed E-state index contributed by atoms with van der Waals surface area (Å²) in [5.41, 5.74) is 2.87. The molecule has 2 aromatic carbocycles. The van der Waals surface area contributed by atoms with Crippen LogP contribution in [-0.4, -0.2) is 23.2 Å². The molecular weight excluding hydrogens is 292 g/mol. The number of nitrogens with one attached hydrogen (secondary N) is 2. The summed E-state index contributed by atoms with van der Waals surface area (Å²) in [7, 11) is 1.64. The van der Waals surface area contributed by atoms with Gasteiger partial charge in [-0.15, -0.1) is 0 Å². The van der Waals surface area contributed by atoms with Crippen LogP contribution in [0.4, 0.5) is 0 Å². The highest BCUT2D eigenvalue weighted by atomic mass is 16.5. The average molecular weight is 310 g/mol. The number of hydrogen-bond donors (Lipinski definition) is 3. The van der Waals surface area contributed by atoms with Gasteiger partial charge in [0.05, 0.1) is 7.11 Å². The van der Waals surface area contributed by atoms with Crippen molar-refractivity contribution in [1.29, 1.82) is 0 Å². The van der Waals surface area contributed by atoms with Crippen LogP contribution < -0.4 is 10.1 Å². The molecule has 0 unspecified atom stereocenters. The quantitative estimate of drug-likeness (QED) is 0.654. The van der Waals surface area contributed by atoms with E-state index >= 15 is 0 Å². The zero-order valence-corrected chi connectivity index (χ0v) is 12.8. The maximum atomic E-state index is 11.4. The summed E-state index contributed by atoms with van der Waals surface area (Å²) in [4.78, 5) is 14.4. The summed E-state index contributed by atoms with van der Waals surface area (Å²) < 4.78 is 5.32. The predicted octanol–water partition coefficient (Wildman–Crippen LogP) is 3.16. The molecule has 0 radical (unpaired) electrons. The summed E-state index contributed by atoms with van der Waals surface area (Å²) >= 11 is 0. The Kier molecular flexibility index (Phi) is 4.30. The van der Waals surface area contributed by atoms with Crippen LogP contribution >= 0.6 is 0 Å². The number of aromatic carboxylic acids is 1. The zero-order chi connectivity index (χ0) is 16.2. The smallest absolute Gasteiger partial charge is 0.352 e. The Morgan fingerprint density at radius 3 is 2.65 bits per heavy atom. The Hall–Kier alpha value is -2.79. The first-order chi connectivity index (χ1) is 11.2. The van der Waals surface area contributed by atoms with Gasteiger partial charge in [-0.25, -0.2) is 4.79 Å². The summed E-state index contributed by atoms with van der Waals surface area (Å²) in [6.45, 7) is 1.06. The van der Waals surface area contributed by atoms with E-state index in [1.165, 1.54) is 0 Å². The molecule has 0 aliphatic rings. The molecule has 5 nitrogen and oxygen atoms in total. The number of aromatic amines is 1. The first kappa shape index (κ1) is 15.1. The first-order valence-electron chi connectivity index (χ1n) is 7.36. The number of benzene rings is 2. The number of carboxylic acid groups (broad SMARTS) is 1. The van der Waals surface area contributed by atoms with Crippen molar-refractivity contribution in [3.8, 4) is 5.75 Å². The highest BCUT2D eigenvalue weighted by Gasteiger charge is 2.16. The number of carbonyl (C=O) groups is 1. The maximum absolute atomic E-state index is 11.4. The van der Waals surface area contributed by atoms with E-state index in [1.807, 2.05) is 48.5 Å². The fourth-order valence-corrected chi connectivity index (χ4v) is 2.74. The maximum Gasteiger partial charge on any atom is 0.352 e. The lowest BCUT2D eigenvalue weighted by atomic mass is 10.1. The van der Waals surface area contributed by atoms with Gasteiger partial charge in [0.1, 0.15) is 11.4 Å². The van der Waals surface area contributed by atoms with Crippen molar-refractivity contribution in [2.75, 3.05) is 7.11 Å². The van der Waals surface area contributed by atoms with Crippen LogP contribution in [0.1, 0.15) is 21.6 Å². The number of para-hydroxylation sites is 2. The fourth-order valence-electron chi connectivity index (χ4n) is 2.74. The largest absolute Gasteiger partial charge is 0.496 e. The molecule has 0 aliphatic heterocycles. The van der Waals surface area contributed by atoms with Crippen molar-refractivity contribution < 1.29 is 14.6 Å². The third-order valence-electron chi connectivity index (χ3n) is 3.84. The van der Waals surface area contributed by atoms with Crippen molar-refractivity contribution >= 4 is 16.9 Å².